The highest BCUT2D eigenvalue weighted by Gasteiger charge is 2.16. The van der Waals surface area contributed by atoms with Gasteiger partial charge < -0.3 is 17.2 Å². The minimum Gasteiger partial charge on any atom is -0.399 e. The molecule has 3 aromatic rings. The second-order valence-electron chi connectivity index (χ2n) is 5.82. The van der Waals surface area contributed by atoms with Gasteiger partial charge >= 0.3 is 5.56 Å². The Bertz CT molecular complexity index is 1150. The summed E-state index contributed by atoms with van der Waals surface area (Å²) in [5, 5.41) is 15.9. The molecule has 0 bridgehead atoms. The van der Waals surface area contributed by atoms with Gasteiger partial charge in [-0.3, -0.25) is 4.79 Å². The van der Waals surface area contributed by atoms with Crippen LogP contribution in [0.25, 0.3) is 0 Å². The lowest BCUT2D eigenvalue weighted by molar-refractivity contribution is 0.624. The second kappa shape index (κ2) is 8.35. The molecule has 29 heavy (non-hydrogen) atoms. The van der Waals surface area contributed by atoms with Gasteiger partial charge in [0, 0.05) is 17.5 Å². The maximum absolute atomic E-state index is 12.6. The Morgan fingerprint density at radius 3 is 2.07 bits per heavy atom. The molecule has 0 saturated heterocycles. The van der Waals surface area contributed by atoms with Crippen molar-refractivity contribution >= 4 is 46.2 Å². The summed E-state index contributed by atoms with van der Waals surface area (Å²) < 4.78 is 1.01. The highest BCUT2D eigenvalue weighted by molar-refractivity contribution is 6.15. The number of azo groups is 1. The van der Waals surface area contributed by atoms with Crippen LogP contribution in [0.4, 0.5) is 28.4 Å². The molecular weight excluding hydrogens is 396 g/mol. The lowest BCUT2D eigenvalue weighted by Gasteiger charge is -1.97. The first-order valence-corrected chi connectivity index (χ1v) is 8.59. The zero-order valence-corrected chi connectivity index (χ0v) is 16.0. The molecule has 0 fully saturated rings. The average Bonchev–Trinajstić information content (AvgIpc) is 2.89. The van der Waals surface area contributed by atoms with Crippen LogP contribution in [-0.4, -0.2) is 15.0 Å². The largest absolute Gasteiger partial charge is 0.399 e. The molecule has 6 N–H and O–H groups in total. The molecular formula is C17H17ClN10O. The number of halogens is 1. The van der Waals surface area contributed by atoms with Gasteiger partial charge in [-0.2, -0.15) is 9.32 Å². The smallest absolute Gasteiger partial charge is 0.318 e. The molecule has 3 rings (SSSR count). The predicted molar refractivity (Wildman–Crippen MR) is 112 cm³/mol. The molecule has 12 heteroatoms. The normalized spacial score (nSPS) is 11.4. The van der Waals surface area contributed by atoms with Crippen molar-refractivity contribution in [1.29, 1.82) is 0 Å². The Labute approximate surface area is 169 Å². The Morgan fingerprint density at radius 2 is 1.45 bits per heavy atom. The third-order valence-electron chi connectivity index (χ3n) is 3.68. The van der Waals surface area contributed by atoms with Crippen molar-refractivity contribution in [2.45, 2.75) is 6.92 Å². The number of benzene rings is 2. The van der Waals surface area contributed by atoms with Gasteiger partial charge in [0.25, 0.3) is 0 Å². The van der Waals surface area contributed by atoms with Crippen LogP contribution in [0.3, 0.4) is 0 Å². The van der Waals surface area contributed by atoms with Crippen LogP contribution in [0.2, 0.25) is 0 Å². The molecule has 0 unspecified atom stereocenters. The minimum absolute atomic E-state index is 0.0320. The third-order valence-corrected chi connectivity index (χ3v) is 4.08. The fraction of sp³-hybridized carbons (Fsp3) is 0.0588. The number of hydrogen-bond acceptors (Lipinski definition) is 7. The standard InChI is InChI=1S/C17H17ClN10O/c1-10-15(25-23-13-8-6-12(7-9-13)22-17(20)21)16(29)28(27(10)18)26-24-14-4-2-11(19)3-5-14/h2-9H,19H2,1H3,(H4,20,21,22). The van der Waals surface area contributed by atoms with Crippen LogP contribution in [-0.2, 0) is 0 Å². The first kappa shape index (κ1) is 19.8. The molecule has 1 aromatic heterocycles. The van der Waals surface area contributed by atoms with Crippen molar-refractivity contribution in [3.63, 3.8) is 0 Å². The Kier molecular flexibility index (Phi) is 5.69. The number of aliphatic imine (C=N–C) groups is 1. The number of guanidine groups is 1. The Morgan fingerprint density at radius 1 is 0.897 bits per heavy atom. The van der Waals surface area contributed by atoms with E-state index in [0.29, 0.717) is 28.4 Å². The van der Waals surface area contributed by atoms with Crippen molar-refractivity contribution in [2.75, 3.05) is 5.73 Å². The van der Waals surface area contributed by atoms with Crippen molar-refractivity contribution < 1.29 is 0 Å². The fourth-order valence-electron chi connectivity index (χ4n) is 2.24. The number of rotatable bonds is 5. The number of anilines is 1. The van der Waals surface area contributed by atoms with E-state index in [1.54, 1.807) is 55.5 Å². The number of hydrogen-bond donors (Lipinski definition) is 3. The number of aromatic nitrogens is 2. The van der Waals surface area contributed by atoms with Gasteiger partial charge in [-0.15, -0.1) is 10.2 Å². The van der Waals surface area contributed by atoms with Gasteiger partial charge in [0.15, 0.2) is 11.6 Å². The highest BCUT2D eigenvalue weighted by atomic mass is 35.5. The van der Waals surface area contributed by atoms with Crippen molar-refractivity contribution in [1.82, 2.24) is 8.99 Å². The summed E-state index contributed by atoms with van der Waals surface area (Å²) >= 11 is 6.13. The summed E-state index contributed by atoms with van der Waals surface area (Å²) in [6.45, 7) is 1.61. The Hall–Kier alpha value is -3.99. The van der Waals surface area contributed by atoms with Crippen molar-refractivity contribution in [2.24, 2.45) is 37.0 Å². The maximum Gasteiger partial charge on any atom is 0.318 e. The summed E-state index contributed by atoms with van der Waals surface area (Å²) in [6, 6.07) is 13.3. The van der Waals surface area contributed by atoms with E-state index in [9.17, 15) is 4.79 Å². The van der Waals surface area contributed by atoms with Crippen molar-refractivity contribution in [3.8, 4) is 0 Å². The molecule has 2 aromatic carbocycles. The van der Waals surface area contributed by atoms with Crippen molar-refractivity contribution in [3.05, 3.63) is 64.6 Å². The first-order valence-electron chi connectivity index (χ1n) is 8.25. The molecule has 1 heterocycles. The molecule has 0 atom stereocenters. The number of nitrogens with zero attached hydrogens (tertiary/aromatic N) is 7. The van der Waals surface area contributed by atoms with Gasteiger partial charge in [-0.25, -0.2) is 4.99 Å². The zero-order valence-electron chi connectivity index (χ0n) is 15.3. The van der Waals surface area contributed by atoms with E-state index in [1.807, 2.05) is 0 Å². The first-order chi connectivity index (χ1) is 13.8. The van der Waals surface area contributed by atoms with E-state index in [-0.39, 0.29) is 11.6 Å². The SMILES string of the molecule is Cc1c(N=Nc2ccc(N=C(N)N)cc2)c(=O)n(N=Nc2ccc(N)cc2)n1Cl. The van der Waals surface area contributed by atoms with Crippen LogP contribution >= 0.6 is 11.8 Å². The molecule has 0 saturated carbocycles. The summed E-state index contributed by atoms with van der Waals surface area (Å²) in [7, 11) is 0. The predicted octanol–water partition coefficient (Wildman–Crippen LogP) is 3.41. The minimum atomic E-state index is -0.572. The summed E-state index contributed by atoms with van der Waals surface area (Å²) in [4.78, 5) is 17.4. The van der Waals surface area contributed by atoms with E-state index < -0.39 is 5.56 Å². The van der Waals surface area contributed by atoms with Gasteiger partial charge in [0.05, 0.1) is 22.8 Å². The summed E-state index contributed by atoms with van der Waals surface area (Å²) in [6.07, 6.45) is 0. The summed E-state index contributed by atoms with van der Waals surface area (Å²) in [5.74, 6) is -0.0489. The topological polar surface area (TPSA) is 167 Å². The molecule has 0 aliphatic rings. The van der Waals surface area contributed by atoms with Gasteiger partial charge in [0.2, 0.25) is 0 Å². The fourth-order valence-corrected chi connectivity index (χ4v) is 2.41. The van der Waals surface area contributed by atoms with E-state index in [1.165, 1.54) is 0 Å². The number of nitrogens with two attached hydrogens (primary N) is 3. The molecule has 0 aliphatic heterocycles. The molecule has 0 radical (unpaired) electrons. The molecule has 148 valence electrons. The van der Waals surface area contributed by atoms with Crippen LogP contribution in [0.5, 0.6) is 0 Å². The van der Waals surface area contributed by atoms with E-state index in [4.69, 9.17) is 29.0 Å². The third kappa shape index (κ3) is 4.65. The van der Waals surface area contributed by atoms with Gasteiger partial charge in [-0.1, -0.05) is 4.79 Å². The van der Waals surface area contributed by atoms with Gasteiger partial charge in [-0.05, 0) is 60.7 Å². The quantitative estimate of drug-likeness (QED) is 0.253. The van der Waals surface area contributed by atoms with E-state index in [0.717, 1.165) is 8.99 Å². The van der Waals surface area contributed by atoms with Gasteiger partial charge in [0.1, 0.15) is 0 Å². The van der Waals surface area contributed by atoms with Crippen LogP contribution in [0.1, 0.15) is 5.69 Å². The second-order valence-corrected chi connectivity index (χ2v) is 6.14. The van der Waals surface area contributed by atoms with E-state index in [2.05, 4.69) is 25.6 Å². The molecule has 0 aliphatic carbocycles. The average molecular weight is 413 g/mol. The molecule has 11 nitrogen and oxygen atoms in total. The van der Waals surface area contributed by atoms with Crippen LogP contribution < -0.4 is 22.8 Å². The van der Waals surface area contributed by atoms with Crippen LogP contribution in [0, 0.1) is 6.92 Å². The highest BCUT2D eigenvalue weighted by Crippen LogP contribution is 2.23. The number of nitrogen functional groups attached to an aromatic ring is 1. The molecule has 0 spiro atoms. The maximum atomic E-state index is 12.6. The zero-order chi connectivity index (χ0) is 21.0. The van der Waals surface area contributed by atoms with E-state index >= 15 is 0 Å². The summed E-state index contributed by atoms with van der Waals surface area (Å²) in [5.41, 5.74) is 18.3. The monoisotopic (exact) mass is 412 g/mol. The Balaban J connectivity index is 1.86. The van der Waals surface area contributed by atoms with Crippen LogP contribution in [0.15, 0.2) is 78.9 Å². The lowest BCUT2D eigenvalue weighted by atomic mass is 10.3. The molecule has 0 amide bonds. The lowest BCUT2D eigenvalue weighted by Crippen LogP contribution is -2.21.